The van der Waals surface area contributed by atoms with Crippen molar-refractivity contribution in [3.8, 4) is 0 Å². The minimum atomic E-state index is -3.92. The third-order valence-electron chi connectivity index (χ3n) is 5.17. The number of hydrogen-bond acceptors (Lipinski definition) is 5. The molecule has 1 aliphatic rings. The van der Waals surface area contributed by atoms with Gasteiger partial charge in [0, 0.05) is 17.3 Å². The van der Waals surface area contributed by atoms with Crippen molar-refractivity contribution in [2.45, 2.75) is 36.8 Å². The number of benzene rings is 3. The van der Waals surface area contributed by atoms with E-state index >= 15 is 0 Å². The van der Waals surface area contributed by atoms with E-state index in [1.54, 1.807) is 54.6 Å². The van der Waals surface area contributed by atoms with Gasteiger partial charge in [-0.25, -0.2) is 13.2 Å². The lowest BCUT2D eigenvalue weighted by Gasteiger charge is -2.18. The summed E-state index contributed by atoms with van der Waals surface area (Å²) in [5.41, 5.74) is 1.98. The van der Waals surface area contributed by atoms with Crippen molar-refractivity contribution in [1.82, 2.24) is 5.32 Å². The Morgan fingerprint density at radius 3 is 2.30 bits per heavy atom. The van der Waals surface area contributed by atoms with Crippen LogP contribution in [0.15, 0.2) is 83.8 Å². The van der Waals surface area contributed by atoms with Gasteiger partial charge in [-0.2, -0.15) is 0 Å². The number of esters is 1. The van der Waals surface area contributed by atoms with E-state index < -0.39 is 28.0 Å². The third-order valence-corrected chi connectivity index (χ3v) is 6.55. The Hall–Kier alpha value is -3.65. The zero-order valence-corrected chi connectivity index (χ0v) is 18.8. The van der Waals surface area contributed by atoms with Crippen molar-refractivity contribution in [1.29, 1.82) is 0 Å². The molecule has 4 rings (SSSR count). The minimum Gasteiger partial charge on any atom is -0.444 e. The molecule has 3 aromatic rings. The molecule has 170 valence electrons. The van der Waals surface area contributed by atoms with Crippen LogP contribution in [0.5, 0.6) is 0 Å². The standard InChI is InChI=1S/C25H24N2O5S/c1-17-10-12-21(13-11-17)27-33(30,31)22-9-5-8-19(16-22)25(29)32-23(18-6-3-2-4-7-18)24(28)26-20-14-15-20/h2-13,16,20,23,27H,14-15H2,1H3,(H,26,28). The lowest BCUT2D eigenvalue weighted by Crippen LogP contribution is -2.33. The predicted octanol–water partition coefficient (Wildman–Crippen LogP) is 3.97. The van der Waals surface area contributed by atoms with E-state index in [1.807, 2.05) is 6.92 Å². The predicted molar refractivity (Wildman–Crippen MR) is 124 cm³/mol. The summed E-state index contributed by atoms with van der Waals surface area (Å²) < 4.78 is 33.7. The maximum atomic E-state index is 12.9. The van der Waals surface area contributed by atoms with Gasteiger partial charge in [-0.3, -0.25) is 9.52 Å². The van der Waals surface area contributed by atoms with Crippen LogP contribution >= 0.6 is 0 Å². The molecule has 2 N–H and O–H groups in total. The van der Waals surface area contributed by atoms with Crippen LogP contribution < -0.4 is 10.0 Å². The molecule has 0 saturated heterocycles. The number of aryl methyl sites for hydroxylation is 1. The van der Waals surface area contributed by atoms with E-state index in [-0.39, 0.29) is 16.5 Å². The second-order valence-electron chi connectivity index (χ2n) is 7.98. The number of anilines is 1. The molecule has 1 fully saturated rings. The smallest absolute Gasteiger partial charge is 0.339 e. The highest BCUT2D eigenvalue weighted by Crippen LogP contribution is 2.25. The molecular weight excluding hydrogens is 440 g/mol. The van der Waals surface area contributed by atoms with Gasteiger partial charge in [-0.05, 0) is 50.1 Å². The van der Waals surface area contributed by atoms with Gasteiger partial charge in [0.1, 0.15) is 0 Å². The Bertz CT molecular complexity index is 1250. The summed E-state index contributed by atoms with van der Waals surface area (Å²) in [6, 6.07) is 21.3. The Labute approximate surface area is 192 Å². The summed E-state index contributed by atoms with van der Waals surface area (Å²) in [4.78, 5) is 25.5. The van der Waals surface area contributed by atoms with Crippen LogP contribution in [-0.4, -0.2) is 26.3 Å². The Morgan fingerprint density at radius 1 is 0.939 bits per heavy atom. The molecule has 1 amide bonds. The summed E-state index contributed by atoms with van der Waals surface area (Å²) in [7, 11) is -3.92. The highest BCUT2D eigenvalue weighted by molar-refractivity contribution is 7.92. The molecule has 0 heterocycles. The van der Waals surface area contributed by atoms with Gasteiger partial charge >= 0.3 is 5.97 Å². The molecule has 0 radical (unpaired) electrons. The molecule has 0 aromatic heterocycles. The van der Waals surface area contributed by atoms with E-state index in [9.17, 15) is 18.0 Å². The monoisotopic (exact) mass is 464 g/mol. The fraction of sp³-hybridized carbons (Fsp3) is 0.200. The molecular formula is C25H24N2O5S. The maximum Gasteiger partial charge on any atom is 0.339 e. The lowest BCUT2D eigenvalue weighted by atomic mass is 10.1. The van der Waals surface area contributed by atoms with Crippen LogP contribution in [0.4, 0.5) is 5.69 Å². The van der Waals surface area contributed by atoms with Gasteiger partial charge < -0.3 is 10.1 Å². The molecule has 1 unspecified atom stereocenters. The fourth-order valence-corrected chi connectivity index (χ4v) is 4.31. The number of rotatable bonds is 8. The van der Waals surface area contributed by atoms with Crippen LogP contribution in [0.2, 0.25) is 0 Å². The molecule has 1 saturated carbocycles. The number of hydrogen-bond donors (Lipinski definition) is 2. The fourth-order valence-electron chi connectivity index (χ4n) is 3.21. The Balaban J connectivity index is 1.54. The van der Waals surface area contributed by atoms with Crippen LogP contribution in [0, 0.1) is 6.92 Å². The normalized spacial score (nSPS) is 14.2. The molecule has 7 nitrogen and oxygen atoms in total. The average molecular weight is 465 g/mol. The molecule has 0 aliphatic heterocycles. The topological polar surface area (TPSA) is 102 Å². The summed E-state index contributed by atoms with van der Waals surface area (Å²) in [5, 5.41) is 2.85. The number of sulfonamides is 1. The van der Waals surface area contributed by atoms with Crippen molar-refractivity contribution in [2.24, 2.45) is 0 Å². The summed E-state index contributed by atoms with van der Waals surface area (Å²) >= 11 is 0. The van der Waals surface area contributed by atoms with Gasteiger partial charge in [0.25, 0.3) is 15.9 Å². The van der Waals surface area contributed by atoms with Gasteiger partial charge in [0.2, 0.25) is 6.10 Å². The second kappa shape index (κ2) is 9.46. The highest BCUT2D eigenvalue weighted by atomic mass is 32.2. The molecule has 3 aromatic carbocycles. The molecule has 0 spiro atoms. The van der Waals surface area contributed by atoms with Crippen LogP contribution in [0.25, 0.3) is 0 Å². The van der Waals surface area contributed by atoms with E-state index in [0.717, 1.165) is 18.4 Å². The number of ether oxygens (including phenoxy) is 1. The number of nitrogens with one attached hydrogen (secondary N) is 2. The first-order chi connectivity index (χ1) is 15.8. The van der Waals surface area contributed by atoms with Gasteiger partial charge in [-0.15, -0.1) is 0 Å². The largest absolute Gasteiger partial charge is 0.444 e. The molecule has 33 heavy (non-hydrogen) atoms. The van der Waals surface area contributed by atoms with Crippen molar-refractivity contribution >= 4 is 27.6 Å². The first-order valence-electron chi connectivity index (χ1n) is 10.6. The highest BCUT2D eigenvalue weighted by Gasteiger charge is 2.31. The first kappa shape index (κ1) is 22.5. The van der Waals surface area contributed by atoms with Crippen LogP contribution in [-0.2, 0) is 19.6 Å². The molecule has 8 heteroatoms. The lowest BCUT2D eigenvalue weighted by molar-refractivity contribution is -0.130. The van der Waals surface area contributed by atoms with E-state index in [2.05, 4.69) is 10.0 Å². The summed E-state index contributed by atoms with van der Waals surface area (Å²) in [5.74, 6) is -1.19. The van der Waals surface area contributed by atoms with Gasteiger partial charge in [0.15, 0.2) is 0 Å². The quantitative estimate of drug-likeness (QED) is 0.491. The molecule has 1 atom stereocenters. The van der Waals surface area contributed by atoms with Gasteiger partial charge in [-0.1, -0.05) is 54.1 Å². The van der Waals surface area contributed by atoms with Crippen LogP contribution in [0.3, 0.4) is 0 Å². The third kappa shape index (κ3) is 5.78. The molecule has 1 aliphatic carbocycles. The Kier molecular flexibility index (Phi) is 6.46. The van der Waals surface area contributed by atoms with Crippen molar-refractivity contribution < 1.29 is 22.7 Å². The zero-order valence-electron chi connectivity index (χ0n) is 18.0. The van der Waals surface area contributed by atoms with E-state index in [1.165, 1.54) is 24.3 Å². The molecule has 0 bridgehead atoms. The van der Waals surface area contributed by atoms with E-state index in [4.69, 9.17) is 4.74 Å². The van der Waals surface area contributed by atoms with Crippen molar-refractivity contribution in [2.75, 3.05) is 4.72 Å². The number of carbonyl (C=O) groups is 2. The van der Waals surface area contributed by atoms with Crippen LogP contribution in [0.1, 0.15) is 40.4 Å². The maximum absolute atomic E-state index is 12.9. The Morgan fingerprint density at radius 2 is 1.64 bits per heavy atom. The summed E-state index contributed by atoms with van der Waals surface area (Å²) in [6.07, 6.45) is 0.662. The van der Waals surface area contributed by atoms with Gasteiger partial charge in [0.05, 0.1) is 10.5 Å². The SMILES string of the molecule is Cc1ccc(NS(=O)(=O)c2cccc(C(=O)OC(C(=O)NC3CC3)c3ccccc3)c2)cc1. The van der Waals surface area contributed by atoms with Crippen molar-refractivity contribution in [3.63, 3.8) is 0 Å². The average Bonchev–Trinajstić information content (AvgIpc) is 3.63. The van der Waals surface area contributed by atoms with E-state index in [0.29, 0.717) is 11.3 Å². The number of amides is 1. The minimum absolute atomic E-state index is 0.0296. The first-order valence-corrected chi connectivity index (χ1v) is 12.1. The summed E-state index contributed by atoms with van der Waals surface area (Å²) in [6.45, 7) is 1.90. The second-order valence-corrected chi connectivity index (χ2v) is 9.66. The zero-order chi connectivity index (χ0) is 23.4. The number of carbonyl (C=O) groups excluding carboxylic acids is 2. The van der Waals surface area contributed by atoms with Crippen molar-refractivity contribution in [3.05, 3.63) is 95.6 Å².